The van der Waals surface area contributed by atoms with E-state index < -0.39 is 0 Å². The van der Waals surface area contributed by atoms with Gasteiger partial charge in [0, 0.05) is 5.75 Å². The first-order valence-electron chi connectivity index (χ1n) is 7.91. The largest absolute Gasteiger partial charge is 0.493 e. The van der Waals surface area contributed by atoms with E-state index >= 15 is 0 Å². The zero-order chi connectivity index (χ0) is 18.4. The van der Waals surface area contributed by atoms with Crippen molar-refractivity contribution in [2.24, 2.45) is 0 Å². The minimum atomic E-state index is -0.237. The second-order valence-corrected chi connectivity index (χ2v) is 6.37. The topological polar surface area (TPSA) is 61.2 Å². The van der Waals surface area contributed by atoms with Crippen LogP contribution in [-0.4, -0.2) is 29.1 Å². The third kappa shape index (κ3) is 4.45. The molecular weight excluding hydrogens is 355 g/mol. The van der Waals surface area contributed by atoms with Crippen molar-refractivity contribution in [3.8, 4) is 11.5 Å². The molecule has 1 heterocycles. The lowest BCUT2D eigenvalue weighted by Gasteiger charge is -2.12. The van der Waals surface area contributed by atoms with Crippen LogP contribution in [-0.2, 0) is 12.3 Å². The third-order valence-corrected chi connectivity index (χ3v) is 4.71. The molecule has 0 amide bonds. The average Bonchev–Trinajstić information content (AvgIpc) is 3.13. The molecule has 8 heteroatoms. The van der Waals surface area contributed by atoms with E-state index in [2.05, 4.69) is 15.6 Å². The molecule has 3 aromatic rings. The second-order valence-electron chi connectivity index (χ2n) is 5.42. The fraction of sp³-hybridized carbons (Fsp3) is 0.222. The summed E-state index contributed by atoms with van der Waals surface area (Å²) in [6.45, 7) is 0.572. The van der Waals surface area contributed by atoms with Gasteiger partial charge in [-0.3, -0.25) is 0 Å². The quantitative estimate of drug-likeness (QED) is 0.609. The molecule has 0 aliphatic carbocycles. The number of aromatic nitrogens is 3. The Morgan fingerprint density at radius 3 is 2.50 bits per heavy atom. The summed E-state index contributed by atoms with van der Waals surface area (Å²) in [5, 5.41) is 8.80. The molecule has 6 nitrogen and oxygen atoms in total. The molecule has 0 saturated heterocycles. The number of methoxy groups -OCH3 is 2. The van der Waals surface area contributed by atoms with Crippen molar-refractivity contribution in [3.05, 3.63) is 65.7 Å². The third-order valence-electron chi connectivity index (χ3n) is 3.70. The van der Waals surface area contributed by atoms with Crippen molar-refractivity contribution in [2.45, 2.75) is 17.5 Å². The molecule has 2 aromatic carbocycles. The van der Waals surface area contributed by atoms with E-state index in [1.165, 1.54) is 23.9 Å². The Labute approximate surface area is 155 Å². The molecule has 0 radical (unpaired) electrons. The number of ether oxygens (including phenoxy) is 2. The molecule has 1 aromatic heterocycles. The lowest BCUT2D eigenvalue weighted by atomic mass is 10.2. The van der Waals surface area contributed by atoms with Gasteiger partial charge in [-0.15, -0.1) is 10.2 Å². The smallest absolute Gasteiger partial charge is 0.210 e. The minimum Gasteiger partial charge on any atom is -0.493 e. The van der Waals surface area contributed by atoms with Gasteiger partial charge >= 0.3 is 0 Å². The first-order valence-corrected chi connectivity index (χ1v) is 8.90. The van der Waals surface area contributed by atoms with E-state index in [4.69, 9.17) is 9.47 Å². The highest BCUT2D eigenvalue weighted by molar-refractivity contribution is 7.98. The first kappa shape index (κ1) is 18.1. The van der Waals surface area contributed by atoms with Crippen molar-refractivity contribution in [2.75, 3.05) is 19.6 Å². The number of hydrogen-bond donors (Lipinski definition) is 1. The summed E-state index contributed by atoms with van der Waals surface area (Å²) in [6.07, 6.45) is 1.62. The number of benzene rings is 2. The lowest BCUT2D eigenvalue weighted by molar-refractivity contribution is 0.354. The highest BCUT2D eigenvalue weighted by Gasteiger charge is 2.08. The van der Waals surface area contributed by atoms with Crippen LogP contribution in [0.5, 0.6) is 11.5 Å². The lowest BCUT2D eigenvalue weighted by Crippen LogP contribution is -2.14. The molecule has 0 aliphatic rings. The molecule has 0 bridgehead atoms. The van der Waals surface area contributed by atoms with Gasteiger partial charge in [-0.25, -0.2) is 9.07 Å². The zero-order valence-electron chi connectivity index (χ0n) is 14.5. The van der Waals surface area contributed by atoms with Crippen LogP contribution < -0.4 is 14.9 Å². The molecule has 1 N–H and O–H groups in total. The van der Waals surface area contributed by atoms with Gasteiger partial charge in [0.15, 0.2) is 11.5 Å². The van der Waals surface area contributed by atoms with Crippen molar-refractivity contribution < 1.29 is 13.9 Å². The van der Waals surface area contributed by atoms with Gasteiger partial charge in [-0.05, 0) is 35.4 Å². The number of nitrogens with one attached hydrogen (secondary N) is 1. The van der Waals surface area contributed by atoms with Crippen molar-refractivity contribution in [1.29, 1.82) is 0 Å². The molecule has 0 atom stereocenters. The first-order chi connectivity index (χ1) is 12.7. The molecule has 0 spiro atoms. The van der Waals surface area contributed by atoms with Gasteiger partial charge < -0.3 is 14.9 Å². The second kappa shape index (κ2) is 8.57. The maximum atomic E-state index is 13.0. The Morgan fingerprint density at radius 1 is 1.04 bits per heavy atom. The van der Waals surface area contributed by atoms with Gasteiger partial charge in [0.05, 0.1) is 20.8 Å². The van der Waals surface area contributed by atoms with E-state index in [0.717, 1.165) is 16.3 Å². The molecular formula is C18H19FN4O2S. The predicted octanol–water partition coefficient (Wildman–Crippen LogP) is 3.47. The number of halogens is 1. The van der Waals surface area contributed by atoms with Crippen LogP contribution in [0.25, 0.3) is 0 Å². The molecule has 3 rings (SSSR count). The number of thioether (sulfide) groups is 1. The van der Waals surface area contributed by atoms with Crippen LogP contribution in [0.1, 0.15) is 11.1 Å². The summed E-state index contributed by atoms with van der Waals surface area (Å²) in [4.78, 5) is 0. The van der Waals surface area contributed by atoms with E-state index in [1.807, 2.05) is 18.2 Å². The Morgan fingerprint density at radius 2 is 1.77 bits per heavy atom. The molecule has 0 fully saturated rings. The highest BCUT2D eigenvalue weighted by atomic mass is 32.2. The number of hydrogen-bond acceptors (Lipinski definition) is 6. The van der Waals surface area contributed by atoms with Gasteiger partial charge in [-0.1, -0.05) is 30.0 Å². The molecule has 0 saturated carbocycles. The van der Waals surface area contributed by atoms with Crippen LogP contribution in [0.2, 0.25) is 0 Å². The van der Waals surface area contributed by atoms with Crippen molar-refractivity contribution in [1.82, 2.24) is 14.9 Å². The fourth-order valence-corrected chi connectivity index (χ4v) is 3.17. The highest BCUT2D eigenvalue weighted by Crippen LogP contribution is 2.27. The minimum absolute atomic E-state index is 0.237. The normalized spacial score (nSPS) is 10.6. The van der Waals surface area contributed by atoms with Crippen LogP contribution in [0, 0.1) is 5.82 Å². The standard InChI is InChI=1S/C18H19FN4O2S/c1-24-16-8-5-14(9-17(16)25-2)10-21-23-12-20-22-18(23)26-11-13-3-6-15(19)7-4-13/h3-9,12,21H,10-11H2,1-2H3. The summed E-state index contributed by atoms with van der Waals surface area (Å²) in [5.74, 6) is 1.81. The van der Waals surface area contributed by atoms with Crippen LogP contribution in [0.4, 0.5) is 4.39 Å². The van der Waals surface area contributed by atoms with E-state index in [-0.39, 0.29) is 5.82 Å². The summed E-state index contributed by atoms with van der Waals surface area (Å²) < 4.78 is 25.3. The maximum absolute atomic E-state index is 13.0. The van der Waals surface area contributed by atoms with Crippen molar-refractivity contribution in [3.63, 3.8) is 0 Å². The summed E-state index contributed by atoms with van der Waals surface area (Å²) in [6, 6.07) is 12.2. The summed E-state index contributed by atoms with van der Waals surface area (Å²) in [5.41, 5.74) is 5.31. The Kier molecular flexibility index (Phi) is 5.96. The molecule has 26 heavy (non-hydrogen) atoms. The Bertz CT molecular complexity index is 855. The van der Waals surface area contributed by atoms with E-state index in [9.17, 15) is 4.39 Å². The Balaban J connectivity index is 1.61. The van der Waals surface area contributed by atoms with Gasteiger partial charge in [0.25, 0.3) is 0 Å². The monoisotopic (exact) mass is 374 g/mol. The molecule has 136 valence electrons. The summed E-state index contributed by atoms with van der Waals surface area (Å²) in [7, 11) is 3.22. The van der Waals surface area contributed by atoms with Crippen molar-refractivity contribution >= 4 is 11.8 Å². The fourth-order valence-electron chi connectivity index (χ4n) is 2.33. The van der Waals surface area contributed by atoms with Gasteiger partial charge in [0.2, 0.25) is 5.16 Å². The SMILES string of the molecule is COc1ccc(CNn2cnnc2SCc2ccc(F)cc2)cc1OC. The van der Waals surface area contributed by atoms with Gasteiger partial charge in [-0.2, -0.15) is 0 Å². The van der Waals surface area contributed by atoms with Crippen LogP contribution >= 0.6 is 11.8 Å². The van der Waals surface area contributed by atoms with Crippen LogP contribution in [0.15, 0.2) is 53.9 Å². The summed E-state index contributed by atoms with van der Waals surface area (Å²) >= 11 is 1.52. The van der Waals surface area contributed by atoms with E-state index in [1.54, 1.807) is 37.4 Å². The Hall–Kier alpha value is -2.74. The molecule has 0 unspecified atom stereocenters. The molecule has 0 aliphatic heterocycles. The maximum Gasteiger partial charge on any atom is 0.210 e. The number of rotatable bonds is 8. The van der Waals surface area contributed by atoms with Crippen LogP contribution in [0.3, 0.4) is 0 Å². The zero-order valence-corrected chi connectivity index (χ0v) is 15.3. The average molecular weight is 374 g/mol. The van der Waals surface area contributed by atoms with E-state index in [0.29, 0.717) is 23.8 Å². The predicted molar refractivity (Wildman–Crippen MR) is 98.6 cm³/mol. The van der Waals surface area contributed by atoms with Gasteiger partial charge in [0.1, 0.15) is 12.1 Å². The number of nitrogens with zero attached hydrogens (tertiary/aromatic N) is 3.